The van der Waals surface area contributed by atoms with Gasteiger partial charge in [0.1, 0.15) is 18.0 Å². The second-order valence-corrected chi connectivity index (χ2v) is 9.20. The highest BCUT2D eigenvalue weighted by Crippen LogP contribution is 2.28. The first-order valence-electron chi connectivity index (χ1n) is 12.1. The molecule has 2 fully saturated rings. The van der Waals surface area contributed by atoms with Crippen molar-refractivity contribution >= 4 is 23.8 Å². The molecule has 0 unspecified atom stereocenters. The van der Waals surface area contributed by atoms with E-state index < -0.39 is 24.2 Å². The van der Waals surface area contributed by atoms with Gasteiger partial charge in [-0.25, -0.2) is 19.2 Å². The molecule has 2 aliphatic heterocycles. The summed E-state index contributed by atoms with van der Waals surface area (Å²) >= 11 is 0. The van der Waals surface area contributed by atoms with Crippen LogP contribution in [-0.4, -0.2) is 87.6 Å². The average Bonchev–Trinajstić information content (AvgIpc) is 2.87. The number of hydrazine groups is 1. The zero-order valence-electron chi connectivity index (χ0n) is 20.5. The van der Waals surface area contributed by atoms with Gasteiger partial charge in [0, 0.05) is 26.6 Å². The molecule has 37 heavy (non-hydrogen) atoms. The van der Waals surface area contributed by atoms with Crippen LogP contribution in [0.25, 0.3) is 0 Å². The summed E-state index contributed by atoms with van der Waals surface area (Å²) < 4.78 is 13.2. The Morgan fingerprint density at radius 2 is 1.76 bits per heavy atom. The van der Waals surface area contributed by atoms with Crippen LogP contribution in [0.15, 0.2) is 54.6 Å². The van der Waals surface area contributed by atoms with E-state index in [0.29, 0.717) is 18.5 Å². The lowest BCUT2D eigenvalue weighted by atomic mass is 10.0. The number of carboxylic acids is 1. The molecule has 0 aromatic heterocycles. The Balaban J connectivity index is 1.56. The molecule has 2 aromatic rings. The number of carbonyl (C=O) groups is 4. The van der Waals surface area contributed by atoms with E-state index in [9.17, 15) is 28.7 Å². The lowest BCUT2D eigenvalue weighted by Crippen LogP contribution is -2.76. The fourth-order valence-electron chi connectivity index (χ4n) is 4.81. The predicted molar refractivity (Wildman–Crippen MR) is 131 cm³/mol. The summed E-state index contributed by atoms with van der Waals surface area (Å²) in [7, 11) is 1.61. The Morgan fingerprint density at radius 1 is 1.05 bits per heavy atom. The predicted octanol–water partition coefficient (Wildman–Crippen LogP) is 1.67. The first-order valence-corrected chi connectivity index (χ1v) is 12.1. The van der Waals surface area contributed by atoms with Crippen molar-refractivity contribution in [2.75, 3.05) is 26.7 Å². The molecule has 2 saturated heterocycles. The van der Waals surface area contributed by atoms with E-state index >= 15 is 0 Å². The first kappa shape index (κ1) is 26.1. The number of carbonyl (C=O) groups excluding carboxylic acids is 3. The number of nitrogens with zero attached hydrogens (tertiary/aromatic N) is 4. The van der Waals surface area contributed by atoms with Gasteiger partial charge < -0.3 is 20.2 Å². The second kappa shape index (κ2) is 11.4. The van der Waals surface area contributed by atoms with Crippen molar-refractivity contribution in [2.24, 2.45) is 0 Å². The van der Waals surface area contributed by atoms with Crippen LogP contribution in [0.5, 0.6) is 0 Å². The van der Waals surface area contributed by atoms with Crippen LogP contribution in [0.4, 0.5) is 9.18 Å². The Kier molecular flexibility index (Phi) is 8.02. The number of hydrogen-bond acceptors (Lipinski definition) is 5. The monoisotopic (exact) mass is 511 g/mol. The third kappa shape index (κ3) is 6.05. The van der Waals surface area contributed by atoms with Gasteiger partial charge in [0.05, 0.1) is 13.1 Å². The van der Waals surface area contributed by atoms with Gasteiger partial charge >= 0.3 is 12.0 Å². The fraction of sp³-hybridized carbons (Fsp3) is 0.385. The van der Waals surface area contributed by atoms with Gasteiger partial charge in [0.2, 0.25) is 11.8 Å². The third-order valence-corrected chi connectivity index (χ3v) is 6.65. The number of nitrogens with one attached hydrogen (secondary N) is 1. The Labute approximate surface area is 214 Å². The van der Waals surface area contributed by atoms with Gasteiger partial charge in [-0.15, -0.1) is 0 Å². The summed E-state index contributed by atoms with van der Waals surface area (Å²) in [6, 6.07) is 13.9. The number of benzene rings is 2. The summed E-state index contributed by atoms with van der Waals surface area (Å²) in [4.78, 5) is 54.1. The van der Waals surface area contributed by atoms with Crippen LogP contribution in [0.3, 0.4) is 0 Å². The first-order chi connectivity index (χ1) is 17.7. The van der Waals surface area contributed by atoms with Crippen LogP contribution in [0, 0.1) is 5.82 Å². The Hall–Kier alpha value is -3.99. The molecule has 2 aliphatic rings. The van der Waals surface area contributed by atoms with Crippen molar-refractivity contribution in [1.82, 2.24) is 25.1 Å². The molecule has 2 N–H and O–H groups in total. The van der Waals surface area contributed by atoms with Gasteiger partial charge in [0.25, 0.3) is 0 Å². The molecule has 10 nitrogen and oxygen atoms in total. The molecule has 0 bridgehead atoms. The maximum atomic E-state index is 13.4. The minimum Gasteiger partial charge on any atom is -0.481 e. The van der Waals surface area contributed by atoms with Crippen LogP contribution < -0.4 is 5.32 Å². The standard InChI is InChI=1S/C26H30FN5O5/c1-29-17-23(33)31-21(11-12-24(34)35)25(36)30(14-13-18-5-3-2-4-6-18)16-22(31)32(29)26(37)28-15-19-7-9-20(27)10-8-19/h2-10,21-22H,11-17H2,1H3,(H,28,37)(H,34,35)/t21-,22-/m0/s1. The van der Waals surface area contributed by atoms with E-state index in [1.54, 1.807) is 24.1 Å². The molecule has 0 radical (unpaired) electrons. The molecule has 4 amide bonds. The maximum absolute atomic E-state index is 13.4. The Bertz CT molecular complexity index is 1150. The topological polar surface area (TPSA) is 114 Å². The number of piperazine rings is 1. The van der Waals surface area contributed by atoms with Gasteiger partial charge in [-0.05, 0) is 36.1 Å². The zero-order valence-corrected chi connectivity index (χ0v) is 20.5. The largest absolute Gasteiger partial charge is 0.481 e. The summed E-state index contributed by atoms with van der Waals surface area (Å²) in [6.45, 7) is 0.458. The number of hydrogen-bond donors (Lipinski definition) is 2. The molecule has 4 rings (SSSR count). The minimum atomic E-state index is -1.07. The molecular weight excluding hydrogens is 481 g/mol. The second-order valence-electron chi connectivity index (χ2n) is 9.20. The van der Waals surface area contributed by atoms with Crippen LogP contribution in [0.2, 0.25) is 0 Å². The summed E-state index contributed by atoms with van der Waals surface area (Å²) in [5, 5.41) is 15.0. The molecule has 196 valence electrons. The smallest absolute Gasteiger partial charge is 0.334 e. The summed E-state index contributed by atoms with van der Waals surface area (Å²) in [5.74, 6) is -2.12. The molecule has 0 aliphatic carbocycles. The highest BCUT2D eigenvalue weighted by molar-refractivity contribution is 5.91. The highest BCUT2D eigenvalue weighted by Gasteiger charge is 2.50. The van der Waals surface area contributed by atoms with Crippen molar-refractivity contribution in [3.63, 3.8) is 0 Å². The van der Waals surface area contributed by atoms with E-state index in [4.69, 9.17) is 0 Å². The third-order valence-electron chi connectivity index (χ3n) is 6.65. The van der Waals surface area contributed by atoms with Gasteiger partial charge in [0.15, 0.2) is 0 Å². The van der Waals surface area contributed by atoms with Gasteiger partial charge in [-0.1, -0.05) is 42.5 Å². The number of rotatable bonds is 8. The lowest BCUT2D eigenvalue weighted by Gasteiger charge is -2.54. The highest BCUT2D eigenvalue weighted by atomic mass is 19.1. The number of likely N-dealkylation sites (N-methyl/N-ethyl adjacent to an activating group) is 1. The maximum Gasteiger partial charge on any atom is 0.334 e. The molecule has 0 saturated carbocycles. The summed E-state index contributed by atoms with van der Waals surface area (Å²) in [5.41, 5.74) is 1.73. The molecular formula is C26H30FN5O5. The SMILES string of the molecule is CN1CC(=O)N2[C@@H](CCC(=O)O)C(=O)N(CCc3ccccc3)C[C@@H]2N1C(=O)NCc1ccc(F)cc1. The fourth-order valence-corrected chi connectivity index (χ4v) is 4.81. The molecule has 11 heteroatoms. The van der Waals surface area contributed by atoms with E-state index in [1.807, 2.05) is 30.3 Å². The summed E-state index contributed by atoms with van der Waals surface area (Å²) in [6.07, 6.45) is -0.559. The van der Waals surface area contributed by atoms with Gasteiger partial charge in [-0.2, -0.15) is 0 Å². The number of halogens is 1. The molecule has 2 aromatic carbocycles. The number of amides is 4. The van der Waals surface area contributed by atoms with Crippen LogP contribution in [0.1, 0.15) is 24.0 Å². The number of carboxylic acid groups (broad SMARTS) is 1. The van der Waals surface area contributed by atoms with Crippen molar-refractivity contribution in [1.29, 1.82) is 0 Å². The van der Waals surface area contributed by atoms with E-state index in [2.05, 4.69) is 5.32 Å². The Morgan fingerprint density at radius 3 is 2.43 bits per heavy atom. The van der Waals surface area contributed by atoms with E-state index in [1.165, 1.54) is 27.1 Å². The van der Waals surface area contributed by atoms with Crippen LogP contribution in [-0.2, 0) is 27.3 Å². The number of urea groups is 1. The van der Waals surface area contributed by atoms with Crippen molar-refractivity contribution < 1.29 is 28.7 Å². The van der Waals surface area contributed by atoms with Crippen LogP contribution >= 0.6 is 0 Å². The van der Waals surface area contributed by atoms with Gasteiger partial charge in [-0.3, -0.25) is 14.4 Å². The number of aliphatic carboxylic acids is 1. The molecule has 2 heterocycles. The van der Waals surface area contributed by atoms with E-state index in [0.717, 1.165) is 5.56 Å². The van der Waals surface area contributed by atoms with Crippen molar-refractivity contribution in [3.05, 3.63) is 71.5 Å². The zero-order chi connectivity index (χ0) is 26.5. The van der Waals surface area contributed by atoms with Crippen molar-refractivity contribution in [3.8, 4) is 0 Å². The normalized spacial score (nSPS) is 20.1. The molecule has 2 atom stereocenters. The lowest BCUT2D eigenvalue weighted by molar-refractivity contribution is -0.187. The quantitative estimate of drug-likeness (QED) is 0.558. The molecule has 0 spiro atoms. The number of fused-ring (bicyclic) bond motifs is 1. The average molecular weight is 512 g/mol. The van der Waals surface area contributed by atoms with E-state index in [-0.39, 0.29) is 50.1 Å². The van der Waals surface area contributed by atoms with Crippen molar-refractivity contribution in [2.45, 2.75) is 38.0 Å². The minimum absolute atomic E-state index is 0.0486.